The van der Waals surface area contributed by atoms with Crippen molar-refractivity contribution in [3.63, 3.8) is 0 Å². The lowest BCUT2D eigenvalue weighted by molar-refractivity contribution is 0.0291. The molecule has 0 aliphatic carbocycles. The number of rotatable bonds is 0. The SMILES string of the molecule is C1CN[C@@]2(C1)CCCOC2. The molecule has 2 rings (SSSR count). The molecule has 2 heteroatoms. The molecule has 1 atom stereocenters. The maximum Gasteiger partial charge on any atom is 0.0648 e. The van der Waals surface area contributed by atoms with Crippen LogP contribution in [0.15, 0.2) is 0 Å². The van der Waals surface area contributed by atoms with Crippen LogP contribution >= 0.6 is 0 Å². The first-order valence-corrected chi connectivity index (χ1v) is 4.24. The van der Waals surface area contributed by atoms with Crippen LogP contribution in [0.25, 0.3) is 0 Å². The van der Waals surface area contributed by atoms with Crippen LogP contribution in [-0.4, -0.2) is 25.3 Å². The molecule has 58 valence electrons. The van der Waals surface area contributed by atoms with Crippen LogP contribution in [0.4, 0.5) is 0 Å². The molecule has 0 radical (unpaired) electrons. The molecule has 0 amide bonds. The Balaban J connectivity index is 1.98. The van der Waals surface area contributed by atoms with Crippen molar-refractivity contribution in [1.29, 1.82) is 0 Å². The second kappa shape index (κ2) is 2.51. The van der Waals surface area contributed by atoms with E-state index in [1.165, 1.54) is 32.2 Å². The van der Waals surface area contributed by atoms with Crippen molar-refractivity contribution >= 4 is 0 Å². The molecular weight excluding hydrogens is 126 g/mol. The fourth-order valence-electron chi connectivity index (χ4n) is 2.06. The molecule has 2 aliphatic rings. The third-order valence-electron chi connectivity index (χ3n) is 2.65. The predicted molar refractivity (Wildman–Crippen MR) is 40.0 cm³/mol. The monoisotopic (exact) mass is 141 g/mol. The Morgan fingerprint density at radius 2 is 2.10 bits per heavy atom. The normalized spacial score (nSPS) is 40.8. The van der Waals surface area contributed by atoms with E-state index >= 15 is 0 Å². The van der Waals surface area contributed by atoms with Crippen molar-refractivity contribution in [3.05, 3.63) is 0 Å². The van der Waals surface area contributed by atoms with Crippen LogP contribution in [0.2, 0.25) is 0 Å². The highest BCUT2D eigenvalue weighted by Crippen LogP contribution is 2.27. The molecule has 0 bridgehead atoms. The molecule has 0 aromatic carbocycles. The Labute approximate surface area is 61.9 Å². The van der Waals surface area contributed by atoms with Gasteiger partial charge in [-0.3, -0.25) is 0 Å². The van der Waals surface area contributed by atoms with E-state index in [1.807, 2.05) is 0 Å². The molecule has 0 unspecified atom stereocenters. The van der Waals surface area contributed by atoms with E-state index in [1.54, 1.807) is 0 Å². The van der Waals surface area contributed by atoms with Crippen molar-refractivity contribution < 1.29 is 4.74 Å². The van der Waals surface area contributed by atoms with E-state index < -0.39 is 0 Å². The molecule has 1 spiro atoms. The van der Waals surface area contributed by atoms with Crippen molar-refractivity contribution in [2.24, 2.45) is 0 Å². The summed E-state index contributed by atoms with van der Waals surface area (Å²) < 4.78 is 5.44. The highest BCUT2D eigenvalue weighted by Gasteiger charge is 2.34. The van der Waals surface area contributed by atoms with E-state index in [0.717, 1.165) is 13.2 Å². The predicted octanol–water partition coefficient (Wildman–Crippen LogP) is 0.919. The van der Waals surface area contributed by atoms with E-state index in [9.17, 15) is 0 Å². The van der Waals surface area contributed by atoms with Gasteiger partial charge in [0.15, 0.2) is 0 Å². The Morgan fingerprint density at radius 1 is 1.20 bits per heavy atom. The average Bonchev–Trinajstić information content (AvgIpc) is 2.39. The molecule has 0 aromatic heterocycles. The topological polar surface area (TPSA) is 21.3 Å². The van der Waals surface area contributed by atoms with Gasteiger partial charge in [-0.15, -0.1) is 0 Å². The van der Waals surface area contributed by atoms with Crippen molar-refractivity contribution in [1.82, 2.24) is 5.32 Å². The minimum absolute atomic E-state index is 0.401. The van der Waals surface area contributed by atoms with Crippen LogP contribution in [0.3, 0.4) is 0 Å². The highest BCUT2D eigenvalue weighted by molar-refractivity contribution is 4.94. The summed E-state index contributed by atoms with van der Waals surface area (Å²) in [6.45, 7) is 3.12. The molecule has 0 saturated carbocycles. The van der Waals surface area contributed by atoms with Gasteiger partial charge in [-0.05, 0) is 32.2 Å². The molecular formula is C8H15NO. The van der Waals surface area contributed by atoms with Crippen molar-refractivity contribution in [2.45, 2.75) is 31.2 Å². The van der Waals surface area contributed by atoms with Gasteiger partial charge in [-0.2, -0.15) is 0 Å². The fourth-order valence-corrected chi connectivity index (χ4v) is 2.06. The molecule has 2 fully saturated rings. The van der Waals surface area contributed by atoms with Crippen LogP contribution in [0, 0.1) is 0 Å². The Morgan fingerprint density at radius 3 is 2.70 bits per heavy atom. The Hall–Kier alpha value is -0.0800. The zero-order chi connectivity index (χ0) is 6.86. The molecule has 2 nitrogen and oxygen atoms in total. The standard InChI is InChI=1S/C8H15NO/c1-3-8(9-5-1)4-2-6-10-7-8/h9H,1-7H2/t8-/m0/s1. The summed E-state index contributed by atoms with van der Waals surface area (Å²) in [5.41, 5.74) is 0.401. The van der Waals surface area contributed by atoms with Crippen molar-refractivity contribution in [3.8, 4) is 0 Å². The van der Waals surface area contributed by atoms with Gasteiger partial charge in [0.05, 0.1) is 6.61 Å². The summed E-state index contributed by atoms with van der Waals surface area (Å²) in [6, 6.07) is 0. The summed E-state index contributed by atoms with van der Waals surface area (Å²) in [6.07, 6.45) is 5.23. The van der Waals surface area contributed by atoms with E-state index in [0.29, 0.717) is 5.54 Å². The first kappa shape index (κ1) is 6.62. The summed E-state index contributed by atoms with van der Waals surface area (Å²) in [5.74, 6) is 0. The zero-order valence-electron chi connectivity index (χ0n) is 6.36. The summed E-state index contributed by atoms with van der Waals surface area (Å²) in [5, 5.41) is 3.55. The minimum Gasteiger partial charge on any atom is -0.380 e. The van der Waals surface area contributed by atoms with Gasteiger partial charge in [0, 0.05) is 12.1 Å². The quantitative estimate of drug-likeness (QED) is 0.541. The number of ether oxygens (including phenoxy) is 1. The molecule has 10 heavy (non-hydrogen) atoms. The molecule has 2 saturated heterocycles. The highest BCUT2D eigenvalue weighted by atomic mass is 16.5. The third kappa shape index (κ3) is 1.06. The maximum absolute atomic E-state index is 5.44. The lowest BCUT2D eigenvalue weighted by Crippen LogP contribution is -2.46. The van der Waals surface area contributed by atoms with Crippen LogP contribution < -0.4 is 5.32 Å². The number of hydrogen-bond donors (Lipinski definition) is 1. The minimum atomic E-state index is 0.401. The second-order valence-corrected chi connectivity index (χ2v) is 3.47. The number of hydrogen-bond acceptors (Lipinski definition) is 2. The summed E-state index contributed by atoms with van der Waals surface area (Å²) in [4.78, 5) is 0. The van der Waals surface area contributed by atoms with Crippen LogP contribution in [0.1, 0.15) is 25.7 Å². The van der Waals surface area contributed by atoms with Gasteiger partial charge >= 0.3 is 0 Å². The van der Waals surface area contributed by atoms with Gasteiger partial charge in [-0.25, -0.2) is 0 Å². The van der Waals surface area contributed by atoms with Gasteiger partial charge < -0.3 is 10.1 Å². The van der Waals surface area contributed by atoms with Gasteiger partial charge in [-0.1, -0.05) is 0 Å². The Bertz CT molecular complexity index is 110. The Kier molecular flexibility index (Phi) is 1.66. The molecule has 1 N–H and O–H groups in total. The zero-order valence-corrected chi connectivity index (χ0v) is 6.36. The average molecular weight is 141 g/mol. The summed E-state index contributed by atoms with van der Waals surface area (Å²) >= 11 is 0. The first-order chi connectivity index (χ1) is 4.91. The summed E-state index contributed by atoms with van der Waals surface area (Å²) in [7, 11) is 0. The van der Waals surface area contributed by atoms with Crippen molar-refractivity contribution in [2.75, 3.05) is 19.8 Å². The van der Waals surface area contributed by atoms with E-state index in [-0.39, 0.29) is 0 Å². The smallest absolute Gasteiger partial charge is 0.0648 e. The lowest BCUT2D eigenvalue weighted by Gasteiger charge is -2.33. The van der Waals surface area contributed by atoms with E-state index in [4.69, 9.17) is 4.74 Å². The first-order valence-electron chi connectivity index (χ1n) is 4.24. The largest absolute Gasteiger partial charge is 0.380 e. The second-order valence-electron chi connectivity index (χ2n) is 3.47. The molecule has 2 heterocycles. The van der Waals surface area contributed by atoms with Gasteiger partial charge in [0.1, 0.15) is 0 Å². The molecule has 2 aliphatic heterocycles. The lowest BCUT2D eigenvalue weighted by atomic mass is 9.91. The maximum atomic E-state index is 5.44. The van der Waals surface area contributed by atoms with Gasteiger partial charge in [0.2, 0.25) is 0 Å². The van der Waals surface area contributed by atoms with Crippen LogP contribution in [-0.2, 0) is 4.74 Å². The van der Waals surface area contributed by atoms with E-state index in [2.05, 4.69) is 5.32 Å². The fraction of sp³-hybridized carbons (Fsp3) is 1.00. The third-order valence-corrected chi connectivity index (χ3v) is 2.65. The van der Waals surface area contributed by atoms with Crippen LogP contribution in [0.5, 0.6) is 0 Å². The number of nitrogens with one attached hydrogen (secondary N) is 1. The molecule has 0 aromatic rings. The van der Waals surface area contributed by atoms with Gasteiger partial charge in [0.25, 0.3) is 0 Å².